The fourth-order valence-electron chi connectivity index (χ4n) is 2.96. The van der Waals surface area contributed by atoms with Gasteiger partial charge in [0.1, 0.15) is 10.0 Å². The highest BCUT2D eigenvalue weighted by molar-refractivity contribution is 7.14. The summed E-state index contributed by atoms with van der Waals surface area (Å²) in [5.74, 6) is -0.135. The number of rotatable bonds is 5. The molecule has 6 heteroatoms. The van der Waals surface area contributed by atoms with Crippen LogP contribution in [0.2, 0.25) is 0 Å². The van der Waals surface area contributed by atoms with Crippen LogP contribution in [-0.2, 0) is 16.1 Å². The number of hydrogen-bond acceptors (Lipinski definition) is 6. The van der Waals surface area contributed by atoms with Gasteiger partial charge in [-0.25, -0.2) is 0 Å². The van der Waals surface area contributed by atoms with Gasteiger partial charge in [-0.1, -0.05) is 48.1 Å². The van der Waals surface area contributed by atoms with Crippen molar-refractivity contribution in [3.63, 3.8) is 0 Å². The number of benzene rings is 1. The monoisotopic (exact) mass is 331 g/mol. The van der Waals surface area contributed by atoms with Gasteiger partial charge >= 0.3 is 5.97 Å². The van der Waals surface area contributed by atoms with E-state index in [-0.39, 0.29) is 12.0 Å². The topological polar surface area (TPSA) is 55.3 Å². The fourth-order valence-corrected chi connectivity index (χ4v) is 3.83. The first-order valence-electron chi connectivity index (χ1n) is 7.95. The van der Waals surface area contributed by atoms with Crippen LogP contribution >= 0.6 is 11.3 Å². The van der Waals surface area contributed by atoms with E-state index in [1.807, 2.05) is 30.3 Å². The van der Waals surface area contributed by atoms with Gasteiger partial charge < -0.3 is 4.74 Å². The maximum absolute atomic E-state index is 11.6. The molecule has 1 aromatic carbocycles. The molecule has 1 aliphatic rings. The largest absolute Gasteiger partial charge is 0.469 e. The Morgan fingerprint density at radius 3 is 2.91 bits per heavy atom. The van der Waals surface area contributed by atoms with Crippen molar-refractivity contribution in [1.29, 1.82) is 0 Å². The Labute approximate surface area is 140 Å². The molecule has 0 N–H and O–H groups in total. The molecule has 3 rings (SSSR count). The zero-order valence-electron chi connectivity index (χ0n) is 13.3. The Hall–Kier alpha value is -1.79. The molecule has 2 aromatic rings. The van der Waals surface area contributed by atoms with E-state index in [1.165, 1.54) is 20.0 Å². The summed E-state index contributed by atoms with van der Waals surface area (Å²) in [5, 5.41) is 10.6. The molecular weight excluding hydrogens is 310 g/mol. The molecule has 1 fully saturated rings. The fraction of sp³-hybridized carbons (Fsp3) is 0.471. The highest BCUT2D eigenvalue weighted by atomic mass is 32.1. The number of aromatic nitrogens is 2. The molecule has 1 aliphatic heterocycles. The lowest BCUT2D eigenvalue weighted by atomic mass is 9.99. The van der Waals surface area contributed by atoms with Crippen molar-refractivity contribution in [2.45, 2.75) is 38.3 Å². The van der Waals surface area contributed by atoms with E-state index in [1.54, 1.807) is 11.3 Å². The van der Waals surface area contributed by atoms with E-state index in [4.69, 9.17) is 4.74 Å². The van der Waals surface area contributed by atoms with E-state index in [9.17, 15) is 4.79 Å². The van der Waals surface area contributed by atoms with Crippen molar-refractivity contribution in [2.75, 3.05) is 13.7 Å². The van der Waals surface area contributed by atoms with Gasteiger partial charge in [0.05, 0.1) is 20.1 Å². The minimum Gasteiger partial charge on any atom is -0.469 e. The molecule has 122 valence electrons. The molecule has 1 atom stereocenters. The number of methoxy groups -OCH3 is 1. The number of carbonyl (C=O) groups excluding carboxylic acids is 1. The first kappa shape index (κ1) is 16.1. The second-order valence-corrected chi connectivity index (χ2v) is 6.83. The average Bonchev–Trinajstić information content (AvgIpc) is 3.06. The Morgan fingerprint density at radius 1 is 1.30 bits per heavy atom. The van der Waals surface area contributed by atoms with Gasteiger partial charge in [-0.05, 0) is 19.4 Å². The lowest BCUT2D eigenvalue weighted by Gasteiger charge is -2.34. The zero-order valence-corrected chi connectivity index (χ0v) is 14.1. The van der Waals surface area contributed by atoms with Gasteiger partial charge in [0.25, 0.3) is 0 Å². The predicted octanol–water partition coefficient (Wildman–Crippen LogP) is 3.12. The summed E-state index contributed by atoms with van der Waals surface area (Å²) in [4.78, 5) is 13.9. The summed E-state index contributed by atoms with van der Waals surface area (Å²) in [7, 11) is 1.45. The first-order valence-corrected chi connectivity index (χ1v) is 8.76. The third-order valence-corrected chi connectivity index (χ3v) is 5.16. The molecule has 1 saturated heterocycles. The Bertz CT molecular complexity index is 644. The highest BCUT2D eigenvalue weighted by Gasteiger charge is 2.26. The van der Waals surface area contributed by atoms with Gasteiger partial charge in [-0.15, -0.1) is 10.2 Å². The standard InChI is InChI=1S/C17H21N3O2S/c1-22-16(21)11-14-9-5-6-10-20(14)12-15-18-19-17(23-15)13-7-3-2-4-8-13/h2-4,7-8,14H,5-6,9-12H2,1H3. The maximum atomic E-state index is 11.6. The number of ether oxygens (including phenoxy) is 1. The predicted molar refractivity (Wildman–Crippen MR) is 90.0 cm³/mol. The lowest BCUT2D eigenvalue weighted by Crippen LogP contribution is -2.40. The summed E-state index contributed by atoms with van der Waals surface area (Å²) in [6.45, 7) is 1.76. The van der Waals surface area contributed by atoms with Crippen molar-refractivity contribution in [2.24, 2.45) is 0 Å². The van der Waals surface area contributed by atoms with Gasteiger partial charge in [-0.3, -0.25) is 9.69 Å². The van der Waals surface area contributed by atoms with Gasteiger partial charge in [-0.2, -0.15) is 0 Å². The molecule has 0 saturated carbocycles. The second kappa shape index (κ2) is 7.66. The lowest BCUT2D eigenvalue weighted by molar-refractivity contribution is -0.142. The molecule has 1 aromatic heterocycles. The first-order chi connectivity index (χ1) is 11.3. The van der Waals surface area contributed by atoms with Crippen molar-refractivity contribution in [3.8, 4) is 10.6 Å². The third kappa shape index (κ3) is 4.14. The van der Waals surface area contributed by atoms with Crippen LogP contribution in [0.25, 0.3) is 10.6 Å². The smallest absolute Gasteiger partial charge is 0.307 e. The van der Waals surface area contributed by atoms with Gasteiger partial charge in [0.15, 0.2) is 0 Å². The van der Waals surface area contributed by atoms with Crippen molar-refractivity contribution in [3.05, 3.63) is 35.3 Å². The number of nitrogens with zero attached hydrogens (tertiary/aromatic N) is 3. The van der Waals surface area contributed by atoms with Crippen LogP contribution < -0.4 is 0 Å². The molecule has 1 unspecified atom stereocenters. The van der Waals surface area contributed by atoms with Crippen molar-refractivity contribution in [1.82, 2.24) is 15.1 Å². The van der Waals surface area contributed by atoms with E-state index >= 15 is 0 Å². The van der Waals surface area contributed by atoms with E-state index in [2.05, 4.69) is 15.1 Å². The molecule has 5 nitrogen and oxygen atoms in total. The van der Waals surface area contributed by atoms with Crippen molar-refractivity contribution < 1.29 is 9.53 Å². The molecule has 0 bridgehead atoms. The molecule has 0 aliphatic carbocycles. The minimum atomic E-state index is -0.135. The normalized spacial score (nSPS) is 18.7. The van der Waals surface area contributed by atoms with Crippen LogP contribution in [0, 0.1) is 0 Å². The third-order valence-electron chi connectivity index (χ3n) is 4.20. The van der Waals surface area contributed by atoms with Crippen LogP contribution in [0.15, 0.2) is 30.3 Å². The number of likely N-dealkylation sites (tertiary alicyclic amines) is 1. The Balaban J connectivity index is 1.68. The Morgan fingerprint density at radius 2 is 2.13 bits per heavy atom. The maximum Gasteiger partial charge on any atom is 0.307 e. The summed E-state index contributed by atoms with van der Waals surface area (Å²) < 4.78 is 4.82. The van der Waals surface area contributed by atoms with Crippen LogP contribution in [0.5, 0.6) is 0 Å². The number of esters is 1. The van der Waals surface area contributed by atoms with E-state index in [0.717, 1.165) is 35.1 Å². The zero-order chi connectivity index (χ0) is 16.1. The highest BCUT2D eigenvalue weighted by Crippen LogP contribution is 2.27. The van der Waals surface area contributed by atoms with Gasteiger partial charge in [0, 0.05) is 11.6 Å². The van der Waals surface area contributed by atoms with E-state index < -0.39 is 0 Å². The van der Waals surface area contributed by atoms with Crippen molar-refractivity contribution >= 4 is 17.3 Å². The number of hydrogen-bond donors (Lipinski definition) is 0. The second-order valence-electron chi connectivity index (χ2n) is 5.77. The summed E-state index contributed by atoms with van der Waals surface area (Å²) in [6.07, 6.45) is 3.84. The molecule has 0 spiro atoms. The Kier molecular flexibility index (Phi) is 5.35. The molecular formula is C17H21N3O2S. The van der Waals surface area contributed by atoms with E-state index in [0.29, 0.717) is 6.42 Å². The van der Waals surface area contributed by atoms with Crippen LogP contribution in [-0.4, -0.2) is 40.8 Å². The summed E-state index contributed by atoms with van der Waals surface area (Å²) in [5.41, 5.74) is 1.10. The quantitative estimate of drug-likeness (QED) is 0.788. The molecule has 0 radical (unpaired) electrons. The summed E-state index contributed by atoms with van der Waals surface area (Å²) >= 11 is 1.63. The number of carbonyl (C=O) groups is 1. The minimum absolute atomic E-state index is 0.135. The van der Waals surface area contributed by atoms with Crippen LogP contribution in [0.3, 0.4) is 0 Å². The number of piperidine rings is 1. The van der Waals surface area contributed by atoms with Crippen LogP contribution in [0.4, 0.5) is 0 Å². The molecule has 2 heterocycles. The molecule has 0 amide bonds. The molecule has 23 heavy (non-hydrogen) atoms. The SMILES string of the molecule is COC(=O)CC1CCCCN1Cc1nnc(-c2ccccc2)s1. The van der Waals surface area contributed by atoms with Gasteiger partial charge in [0.2, 0.25) is 0 Å². The van der Waals surface area contributed by atoms with Crippen LogP contribution in [0.1, 0.15) is 30.7 Å². The average molecular weight is 331 g/mol. The summed E-state index contributed by atoms with van der Waals surface area (Å²) in [6, 6.07) is 10.4.